The van der Waals surface area contributed by atoms with E-state index in [-0.39, 0.29) is 23.4 Å². The number of aromatic nitrogens is 3. The van der Waals surface area contributed by atoms with Crippen LogP contribution in [0.5, 0.6) is 5.88 Å². The van der Waals surface area contributed by atoms with Gasteiger partial charge in [-0.15, -0.1) is 0 Å². The highest BCUT2D eigenvalue weighted by atomic mass is 16.3. The third-order valence-electron chi connectivity index (χ3n) is 5.69. The molecule has 2 N–H and O–H groups in total. The second kappa shape index (κ2) is 8.49. The highest BCUT2D eigenvalue weighted by Gasteiger charge is 2.30. The van der Waals surface area contributed by atoms with Crippen LogP contribution in [-0.2, 0) is 11.3 Å². The van der Waals surface area contributed by atoms with Crippen LogP contribution in [0, 0.1) is 17.2 Å². The zero-order valence-electron chi connectivity index (χ0n) is 18.1. The number of hydrogen-bond acceptors (Lipinski definition) is 6. The van der Waals surface area contributed by atoms with Gasteiger partial charge in [0.1, 0.15) is 11.7 Å². The first kappa shape index (κ1) is 21.6. The molecule has 1 aliphatic carbocycles. The Kier molecular flexibility index (Phi) is 5.74. The number of aromatic hydroxyl groups is 1. The van der Waals surface area contributed by atoms with Crippen molar-refractivity contribution in [2.45, 2.75) is 58.2 Å². The smallest absolute Gasteiger partial charge is 0.270 e. The molecule has 4 rings (SSSR count). The molecule has 2 aromatic heterocycles. The van der Waals surface area contributed by atoms with Crippen molar-refractivity contribution in [3.8, 4) is 11.9 Å². The Morgan fingerprint density at radius 2 is 2.12 bits per heavy atom. The minimum absolute atomic E-state index is 0.0282. The van der Waals surface area contributed by atoms with Crippen molar-refractivity contribution in [3.63, 3.8) is 0 Å². The predicted octanol–water partition coefficient (Wildman–Crippen LogP) is 1.28. The van der Waals surface area contributed by atoms with Crippen LogP contribution in [0.25, 0.3) is 11.7 Å². The zero-order chi connectivity index (χ0) is 23.0. The minimum Gasteiger partial charge on any atom is -0.492 e. The maximum Gasteiger partial charge on any atom is 0.270 e. The molecule has 3 heterocycles. The largest absolute Gasteiger partial charge is 0.492 e. The number of nitrogens with zero attached hydrogens (tertiary/aromatic N) is 5. The van der Waals surface area contributed by atoms with Crippen LogP contribution in [0.1, 0.15) is 55.5 Å². The van der Waals surface area contributed by atoms with Gasteiger partial charge >= 0.3 is 0 Å². The molecular weight excluding hydrogens is 412 g/mol. The number of carbonyl (C=O) groups is 2. The van der Waals surface area contributed by atoms with Crippen LogP contribution < -0.4 is 10.9 Å². The lowest BCUT2D eigenvalue weighted by Gasteiger charge is -2.17. The number of carbonyl (C=O) groups excluding carboxylic acids is 2. The SMILES string of the molecule is CC(C)Cn1c(=O)c(C(=O)NC2CC2)c(O)n2ncc(C=CC(=O)N3CCCC3C#N)c12. The highest BCUT2D eigenvalue weighted by Crippen LogP contribution is 2.24. The molecule has 0 radical (unpaired) electrons. The van der Waals surface area contributed by atoms with E-state index in [1.54, 1.807) is 0 Å². The summed E-state index contributed by atoms with van der Waals surface area (Å²) in [6, 6.07) is 1.73. The maximum absolute atomic E-state index is 13.2. The van der Waals surface area contributed by atoms with E-state index in [4.69, 9.17) is 0 Å². The fraction of sp³-hybridized carbons (Fsp3) is 0.500. The molecular formula is C22H26N6O4. The van der Waals surface area contributed by atoms with Gasteiger partial charge in [0.15, 0.2) is 5.56 Å². The summed E-state index contributed by atoms with van der Waals surface area (Å²) in [7, 11) is 0. The van der Waals surface area contributed by atoms with Gasteiger partial charge in [0.25, 0.3) is 11.5 Å². The third kappa shape index (κ3) is 3.98. The maximum atomic E-state index is 13.2. The second-order valence-corrected chi connectivity index (χ2v) is 8.74. The van der Waals surface area contributed by atoms with Gasteiger partial charge in [-0.05, 0) is 37.7 Å². The molecule has 2 aliphatic rings. The lowest BCUT2D eigenvalue weighted by Crippen LogP contribution is -2.36. The summed E-state index contributed by atoms with van der Waals surface area (Å²) in [5, 5.41) is 26.8. The average Bonchev–Trinajstić information content (AvgIpc) is 3.26. The Balaban J connectivity index is 1.76. The number of hydrogen-bond donors (Lipinski definition) is 2. The molecule has 32 heavy (non-hydrogen) atoms. The van der Waals surface area contributed by atoms with E-state index >= 15 is 0 Å². The van der Waals surface area contributed by atoms with E-state index in [1.165, 1.54) is 27.8 Å². The zero-order valence-corrected chi connectivity index (χ0v) is 18.1. The third-order valence-corrected chi connectivity index (χ3v) is 5.69. The molecule has 10 nitrogen and oxygen atoms in total. The summed E-state index contributed by atoms with van der Waals surface area (Å²) >= 11 is 0. The van der Waals surface area contributed by atoms with E-state index in [0.29, 0.717) is 30.7 Å². The topological polar surface area (TPSA) is 133 Å². The lowest BCUT2D eigenvalue weighted by atomic mass is 10.2. The van der Waals surface area contributed by atoms with E-state index in [0.717, 1.165) is 23.8 Å². The lowest BCUT2D eigenvalue weighted by molar-refractivity contribution is -0.125. The van der Waals surface area contributed by atoms with Crippen LogP contribution in [0.15, 0.2) is 17.1 Å². The number of amides is 2. The molecule has 1 atom stereocenters. The van der Waals surface area contributed by atoms with Gasteiger partial charge in [0.2, 0.25) is 11.8 Å². The molecule has 0 bridgehead atoms. The Morgan fingerprint density at radius 3 is 2.78 bits per heavy atom. The molecule has 1 aliphatic heterocycles. The van der Waals surface area contributed by atoms with Gasteiger partial charge in [-0.1, -0.05) is 13.8 Å². The molecule has 10 heteroatoms. The molecule has 0 spiro atoms. The van der Waals surface area contributed by atoms with E-state index in [2.05, 4.69) is 16.5 Å². The average molecular weight is 438 g/mol. The predicted molar refractivity (Wildman–Crippen MR) is 116 cm³/mol. The van der Waals surface area contributed by atoms with Crippen molar-refractivity contribution < 1.29 is 14.7 Å². The number of nitriles is 1. The van der Waals surface area contributed by atoms with Gasteiger partial charge in [0.05, 0.1) is 12.3 Å². The summed E-state index contributed by atoms with van der Waals surface area (Å²) in [5.74, 6) is -1.36. The molecule has 2 fully saturated rings. The molecule has 168 valence electrons. The first-order chi connectivity index (χ1) is 15.3. The number of rotatable bonds is 6. The summed E-state index contributed by atoms with van der Waals surface area (Å²) in [5.41, 5.74) is -0.194. The molecule has 1 saturated heterocycles. The van der Waals surface area contributed by atoms with Crippen molar-refractivity contribution >= 4 is 23.5 Å². The Labute approximate surface area is 184 Å². The van der Waals surface area contributed by atoms with Crippen LogP contribution >= 0.6 is 0 Å². The first-order valence-electron chi connectivity index (χ1n) is 10.8. The molecule has 2 amide bonds. The van der Waals surface area contributed by atoms with Crippen LogP contribution in [0.3, 0.4) is 0 Å². The van der Waals surface area contributed by atoms with E-state index in [9.17, 15) is 24.8 Å². The number of likely N-dealkylation sites (tertiary alicyclic amines) is 1. The van der Waals surface area contributed by atoms with Crippen LogP contribution in [0.4, 0.5) is 0 Å². The summed E-state index contributed by atoms with van der Waals surface area (Å²) < 4.78 is 2.57. The van der Waals surface area contributed by atoms with Crippen molar-refractivity contribution in [1.82, 2.24) is 24.4 Å². The van der Waals surface area contributed by atoms with Gasteiger partial charge in [-0.3, -0.25) is 19.0 Å². The van der Waals surface area contributed by atoms with Crippen molar-refractivity contribution in [3.05, 3.63) is 33.8 Å². The standard InChI is InChI=1S/C22H26N6O4/c1-13(2)12-27-20-14(5-8-17(29)26-9-3-4-16(26)10-23)11-24-28(20)22(32)18(21(27)31)19(30)25-15-6-7-15/h5,8,11,13,15-16,32H,3-4,6-7,9,12H2,1-2H3,(H,25,30). The quantitative estimate of drug-likeness (QED) is 0.653. The Morgan fingerprint density at radius 1 is 1.38 bits per heavy atom. The van der Waals surface area contributed by atoms with Crippen molar-refractivity contribution in [2.75, 3.05) is 6.54 Å². The Hall–Kier alpha value is -3.61. The highest BCUT2D eigenvalue weighted by molar-refractivity contribution is 5.97. The van der Waals surface area contributed by atoms with Gasteiger partial charge < -0.3 is 15.3 Å². The number of nitrogens with one attached hydrogen (secondary N) is 1. The fourth-order valence-electron chi connectivity index (χ4n) is 3.97. The summed E-state index contributed by atoms with van der Waals surface area (Å²) in [4.78, 5) is 40.0. The Bertz CT molecular complexity index is 1200. The minimum atomic E-state index is -0.617. The number of fused-ring (bicyclic) bond motifs is 1. The monoisotopic (exact) mass is 438 g/mol. The van der Waals surface area contributed by atoms with Gasteiger partial charge in [-0.25, -0.2) is 0 Å². The second-order valence-electron chi connectivity index (χ2n) is 8.74. The fourth-order valence-corrected chi connectivity index (χ4v) is 3.97. The molecule has 1 unspecified atom stereocenters. The first-order valence-corrected chi connectivity index (χ1v) is 10.8. The van der Waals surface area contributed by atoms with Crippen molar-refractivity contribution in [2.24, 2.45) is 5.92 Å². The van der Waals surface area contributed by atoms with Gasteiger partial charge in [-0.2, -0.15) is 14.9 Å². The normalized spacial score (nSPS) is 18.6. The van der Waals surface area contributed by atoms with Crippen LogP contribution in [-0.4, -0.2) is 54.6 Å². The van der Waals surface area contributed by atoms with Gasteiger partial charge in [0, 0.05) is 30.8 Å². The molecule has 0 aromatic carbocycles. The summed E-state index contributed by atoms with van der Waals surface area (Å²) in [6.45, 7) is 4.69. The summed E-state index contributed by atoms with van der Waals surface area (Å²) in [6.07, 6.45) is 7.44. The van der Waals surface area contributed by atoms with E-state index in [1.807, 2.05) is 13.8 Å². The van der Waals surface area contributed by atoms with E-state index < -0.39 is 23.4 Å². The van der Waals surface area contributed by atoms with Crippen molar-refractivity contribution in [1.29, 1.82) is 5.26 Å². The molecule has 1 saturated carbocycles. The van der Waals surface area contributed by atoms with Crippen LogP contribution in [0.2, 0.25) is 0 Å². The molecule has 2 aromatic rings.